The number of carbonyl (C=O) groups is 3. The summed E-state index contributed by atoms with van der Waals surface area (Å²) >= 11 is 1.49. The van der Waals surface area contributed by atoms with Crippen molar-refractivity contribution >= 4 is 46.6 Å². The Morgan fingerprint density at radius 1 is 1.22 bits per heavy atom. The summed E-state index contributed by atoms with van der Waals surface area (Å²) < 4.78 is 5.26. The second-order valence-corrected chi connectivity index (χ2v) is 7.61. The first kappa shape index (κ1) is 18.8. The number of nitrogens with one attached hydrogen (secondary N) is 1. The maximum atomic E-state index is 13.0. The van der Waals surface area contributed by atoms with E-state index in [1.54, 1.807) is 44.2 Å². The first-order valence-corrected chi connectivity index (χ1v) is 9.35. The van der Waals surface area contributed by atoms with Gasteiger partial charge in [0.15, 0.2) is 6.10 Å². The highest BCUT2D eigenvalue weighted by atomic mass is 32.1. The lowest BCUT2D eigenvalue weighted by atomic mass is 9.95. The summed E-state index contributed by atoms with van der Waals surface area (Å²) in [5.74, 6) is -1.37. The van der Waals surface area contributed by atoms with Gasteiger partial charge < -0.3 is 10.1 Å². The van der Waals surface area contributed by atoms with Crippen LogP contribution in [0.2, 0.25) is 0 Å². The molecule has 1 aliphatic rings. The largest absolute Gasteiger partial charge is 0.449 e. The van der Waals surface area contributed by atoms with Crippen LogP contribution in [-0.2, 0) is 19.1 Å². The van der Waals surface area contributed by atoms with E-state index in [2.05, 4.69) is 5.32 Å². The van der Waals surface area contributed by atoms with Crippen molar-refractivity contribution in [1.82, 2.24) is 0 Å². The summed E-state index contributed by atoms with van der Waals surface area (Å²) in [4.78, 5) is 39.8. The molecule has 3 rings (SSSR count). The Morgan fingerprint density at radius 3 is 2.67 bits per heavy atom. The van der Waals surface area contributed by atoms with Gasteiger partial charge in [-0.2, -0.15) is 0 Å². The molecular weight excluding hydrogens is 364 g/mol. The summed E-state index contributed by atoms with van der Waals surface area (Å²) in [6.45, 7) is 4.81. The van der Waals surface area contributed by atoms with Crippen LogP contribution in [0.4, 0.5) is 11.4 Å². The van der Waals surface area contributed by atoms with Crippen LogP contribution in [0.3, 0.4) is 0 Å². The Hall–Kier alpha value is -2.93. The van der Waals surface area contributed by atoms with Crippen LogP contribution < -0.4 is 10.2 Å². The molecule has 7 heteroatoms. The highest BCUT2D eigenvalue weighted by Gasteiger charge is 2.45. The molecule has 1 aliphatic heterocycles. The number of amides is 2. The van der Waals surface area contributed by atoms with E-state index in [1.165, 1.54) is 29.2 Å². The van der Waals surface area contributed by atoms with Crippen molar-refractivity contribution in [3.05, 3.63) is 52.7 Å². The molecule has 0 saturated carbocycles. The molecular formula is C20H20N2O4S. The van der Waals surface area contributed by atoms with Gasteiger partial charge in [-0.05, 0) is 50.4 Å². The number of para-hydroxylation sites is 2. The number of hydrogen-bond acceptors (Lipinski definition) is 5. The van der Waals surface area contributed by atoms with Crippen LogP contribution in [0.15, 0.2) is 47.9 Å². The molecule has 0 spiro atoms. The lowest BCUT2D eigenvalue weighted by molar-refractivity contribution is -0.149. The fraction of sp³-hybridized carbons (Fsp3) is 0.250. The molecule has 0 fully saturated rings. The zero-order chi connectivity index (χ0) is 19.6. The topological polar surface area (TPSA) is 75.7 Å². The van der Waals surface area contributed by atoms with E-state index in [0.717, 1.165) is 4.88 Å². The summed E-state index contributed by atoms with van der Waals surface area (Å²) in [5, 5.41) is 4.70. The van der Waals surface area contributed by atoms with Gasteiger partial charge in [-0.3, -0.25) is 14.5 Å². The van der Waals surface area contributed by atoms with Gasteiger partial charge in [-0.15, -0.1) is 11.3 Å². The van der Waals surface area contributed by atoms with Gasteiger partial charge in [0.1, 0.15) is 5.54 Å². The van der Waals surface area contributed by atoms with E-state index in [9.17, 15) is 14.4 Å². The SMILES string of the molecule is C[C@@H](OC(=O)/C=C/c1cccs1)C(=O)N1c2ccccc2NC(=O)C1(C)C. The number of hydrogen-bond donors (Lipinski definition) is 1. The molecule has 0 aliphatic carbocycles. The normalized spacial score (nSPS) is 16.6. The van der Waals surface area contributed by atoms with E-state index in [0.29, 0.717) is 11.4 Å². The summed E-state index contributed by atoms with van der Waals surface area (Å²) in [6, 6.07) is 10.8. The van der Waals surface area contributed by atoms with Crippen LogP contribution in [0, 0.1) is 0 Å². The van der Waals surface area contributed by atoms with Gasteiger partial charge in [-0.1, -0.05) is 18.2 Å². The summed E-state index contributed by atoms with van der Waals surface area (Å²) in [6.07, 6.45) is 1.89. The van der Waals surface area contributed by atoms with Crippen molar-refractivity contribution in [1.29, 1.82) is 0 Å². The molecule has 2 amide bonds. The number of ether oxygens (including phenoxy) is 1. The van der Waals surface area contributed by atoms with Gasteiger partial charge in [-0.25, -0.2) is 4.79 Å². The lowest BCUT2D eigenvalue weighted by Gasteiger charge is -2.42. The molecule has 6 nitrogen and oxygen atoms in total. The first-order valence-electron chi connectivity index (χ1n) is 8.47. The van der Waals surface area contributed by atoms with Crippen LogP contribution in [0.25, 0.3) is 6.08 Å². The maximum Gasteiger partial charge on any atom is 0.331 e. The maximum absolute atomic E-state index is 13.0. The number of rotatable bonds is 4. The number of nitrogens with zero attached hydrogens (tertiary/aromatic N) is 1. The second kappa shape index (κ2) is 7.36. The molecule has 0 bridgehead atoms. The third-order valence-corrected chi connectivity index (χ3v) is 5.13. The average Bonchev–Trinajstić information content (AvgIpc) is 3.14. The standard InChI is InChI=1S/C20H20N2O4S/c1-13(26-17(23)11-10-14-7-6-12-27-14)18(24)22-16-9-5-4-8-15(16)21-19(25)20(22,2)3/h4-13H,1-3H3,(H,21,25)/b11-10+/t13-/m1/s1. The molecule has 1 aromatic heterocycles. The van der Waals surface area contributed by atoms with E-state index in [1.807, 2.05) is 17.5 Å². The molecule has 0 saturated heterocycles. The van der Waals surface area contributed by atoms with Crippen molar-refractivity contribution in [3.8, 4) is 0 Å². The molecule has 1 atom stereocenters. The van der Waals surface area contributed by atoms with Gasteiger partial charge in [0.05, 0.1) is 11.4 Å². The van der Waals surface area contributed by atoms with E-state index < -0.39 is 23.5 Å². The zero-order valence-corrected chi connectivity index (χ0v) is 16.1. The highest BCUT2D eigenvalue weighted by Crippen LogP contribution is 2.37. The number of anilines is 2. The Balaban J connectivity index is 1.79. The minimum Gasteiger partial charge on any atom is -0.449 e. The van der Waals surface area contributed by atoms with Crippen molar-refractivity contribution < 1.29 is 19.1 Å². The monoisotopic (exact) mass is 384 g/mol. The Bertz CT molecular complexity index is 902. The summed E-state index contributed by atoms with van der Waals surface area (Å²) in [7, 11) is 0. The van der Waals surface area contributed by atoms with Crippen LogP contribution in [0.5, 0.6) is 0 Å². The van der Waals surface area contributed by atoms with Crippen LogP contribution in [-0.4, -0.2) is 29.4 Å². The van der Waals surface area contributed by atoms with Crippen molar-refractivity contribution in [3.63, 3.8) is 0 Å². The van der Waals surface area contributed by atoms with Crippen LogP contribution >= 0.6 is 11.3 Å². The van der Waals surface area contributed by atoms with Crippen molar-refractivity contribution in [2.75, 3.05) is 10.2 Å². The third-order valence-electron chi connectivity index (χ3n) is 4.30. The molecule has 2 aromatic rings. The van der Waals surface area contributed by atoms with Gasteiger partial charge in [0.25, 0.3) is 5.91 Å². The van der Waals surface area contributed by atoms with E-state index in [-0.39, 0.29) is 5.91 Å². The fourth-order valence-electron chi connectivity index (χ4n) is 2.83. The quantitative estimate of drug-likeness (QED) is 0.647. The summed E-state index contributed by atoms with van der Waals surface area (Å²) in [5.41, 5.74) is 0.00857. The van der Waals surface area contributed by atoms with Crippen molar-refractivity contribution in [2.24, 2.45) is 0 Å². The predicted molar refractivity (Wildman–Crippen MR) is 106 cm³/mol. The Morgan fingerprint density at radius 2 is 1.96 bits per heavy atom. The molecule has 27 heavy (non-hydrogen) atoms. The number of benzene rings is 1. The molecule has 0 radical (unpaired) electrons. The Kier molecular flexibility index (Phi) is 5.14. The first-order chi connectivity index (χ1) is 12.8. The zero-order valence-electron chi connectivity index (χ0n) is 15.3. The van der Waals surface area contributed by atoms with Gasteiger partial charge in [0.2, 0.25) is 5.91 Å². The van der Waals surface area contributed by atoms with Gasteiger partial charge in [0, 0.05) is 11.0 Å². The predicted octanol–water partition coefficient (Wildman–Crippen LogP) is 3.46. The lowest BCUT2D eigenvalue weighted by Crippen LogP contribution is -2.60. The van der Waals surface area contributed by atoms with Crippen molar-refractivity contribution in [2.45, 2.75) is 32.4 Å². The van der Waals surface area contributed by atoms with Crippen LogP contribution in [0.1, 0.15) is 25.6 Å². The molecule has 140 valence electrons. The Labute approximate surface area is 161 Å². The van der Waals surface area contributed by atoms with Gasteiger partial charge >= 0.3 is 5.97 Å². The molecule has 2 heterocycles. The smallest absolute Gasteiger partial charge is 0.331 e. The highest BCUT2D eigenvalue weighted by molar-refractivity contribution is 7.10. The fourth-order valence-corrected chi connectivity index (χ4v) is 3.45. The molecule has 0 unspecified atom stereocenters. The van der Waals surface area contributed by atoms with E-state index >= 15 is 0 Å². The average molecular weight is 384 g/mol. The number of thiophene rings is 1. The minimum absolute atomic E-state index is 0.300. The third kappa shape index (κ3) is 3.78. The number of carbonyl (C=O) groups excluding carboxylic acids is 3. The van der Waals surface area contributed by atoms with E-state index in [4.69, 9.17) is 4.74 Å². The number of esters is 1. The second-order valence-electron chi connectivity index (χ2n) is 6.63. The molecule has 1 aromatic carbocycles. The minimum atomic E-state index is -1.11. The number of fused-ring (bicyclic) bond motifs is 1. The molecule has 1 N–H and O–H groups in total.